The third kappa shape index (κ3) is 2.82. The third-order valence-corrected chi connectivity index (χ3v) is 3.34. The first kappa shape index (κ1) is 14.9. The molecule has 20 heavy (non-hydrogen) atoms. The Bertz CT molecular complexity index is 566. The van der Waals surface area contributed by atoms with Crippen LogP contribution in [0.1, 0.15) is 12.5 Å². The van der Waals surface area contributed by atoms with Gasteiger partial charge in [-0.15, -0.1) is 0 Å². The summed E-state index contributed by atoms with van der Waals surface area (Å²) in [6, 6.07) is 4.62. The molecular weight excluding hydrogens is 341 g/mol. The number of benzene rings is 1. The molecule has 2 rings (SSSR count). The largest absolute Gasteiger partial charge is 0.475 e. The first-order valence-corrected chi connectivity index (χ1v) is 6.54. The molecule has 108 valence electrons. The topological polar surface area (TPSA) is 35.5 Å². The number of ether oxygens (including phenoxy) is 2. The van der Waals surface area contributed by atoms with E-state index < -0.39 is 23.8 Å². The number of halogens is 4. The van der Waals surface area contributed by atoms with Crippen molar-refractivity contribution in [2.45, 2.75) is 19.2 Å². The zero-order valence-electron chi connectivity index (χ0n) is 10.3. The number of carbonyl (C=O) groups is 1. The molecule has 0 spiro atoms. The summed E-state index contributed by atoms with van der Waals surface area (Å²) in [7, 11) is 0. The lowest BCUT2D eigenvalue weighted by atomic mass is 10.0. The number of esters is 1. The zero-order valence-corrected chi connectivity index (χ0v) is 11.9. The predicted molar refractivity (Wildman–Crippen MR) is 69.2 cm³/mol. The molecule has 1 aromatic rings. The summed E-state index contributed by atoms with van der Waals surface area (Å²) in [6.45, 7) is 1.51. The van der Waals surface area contributed by atoms with Crippen LogP contribution in [0.3, 0.4) is 0 Å². The lowest BCUT2D eigenvalue weighted by Crippen LogP contribution is -2.40. The summed E-state index contributed by atoms with van der Waals surface area (Å²) < 4.78 is 49.1. The van der Waals surface area contributed by atoms with Gasteiger partial charge in [0.1, 0.15) is 5.75 Å². The first-order valence-electron chi connectivity index (χ1n) is 5.75. The van der Waals surface area contributed by atoms with Crippen LogP contribution in [0.25, 0.3) is 6.08 Å². The maximum atomic E-state index is 13.0. The van der Waals surface area contributed by atoms with E-state index in [2.05, 4.69) is 20.7 Å². The number of hydrogen-bond donors (Lipinski definition) is 0. The first-order chi connectivity index (χ1) is 9.34. The second-order valence-corrected chi connectivity index (χ2v) is 4.87. The van der Waals surface area contributed by atoms with Crippen molar-refractivity contribution >= 4 is 28.0 Å². The molecule has 7 heteroatoms. The van der Waals surface area contributed by atoms with Gasteiger partial charge in [-0.3, -0.25) is 0 Å². The summed E-state index contributed by atoms with van der Waals surface area (Å²) in [6.07, 6.45) is -5.86. The maximum Gasteiger partial charge on any atom is 0.430 e. The van der Waals surface area contributed by atoms with E-state index >= 15 is 0 Å². The van der Waals surface area contributed by atoms with Gasteiger partial charge < -0.3 is 9.47 Å². The fraction of sp³-hybridized carbons (Fsp3) is 0.308. The monoisotopic (exact) mass is 350 g/mol. The number of carbonyl (C=O) groups excluding carboxylic acids is 1. The molecule has 0 aromatic heterocycles. The van der Waals surface area contributed by atoms with Crippen LogP contribution in [0, 0.1) is 0 Å². The van der Waals surface area contributed by atoms with Gasteiger partial charge in [-0.2, -0.15) is 13.2 Å². The van der Waals surface area contributed by atoms with Gasteiger partial charge >= 0.3 is 12.1 Å². The summed E-state index contributed by atoms with van der Waals surface area (Å²) in [5.74, 6) is -0.967. The van der Waals surface area contributed by atoms with Gasteiger partial charge in [0.05, 0.1) is 12.2 Å². The minimum absolute atomic E-state index is 0.0104. The van der Waals surface area contributed by atoms with Crippen LogP contribution in [0.15, 0.2) is 28.2 Å². The molecule has 0 aliphatic carbocycles. The van der Waals surface area contributed by atoms with E-state index in [9.17, 15) is 18.0 Å². The molecule has 3 nitrogen and oxygen atoms in total. The molecule has 0 bridgehead atoms. The van der Waals surface area contributed by atoms with E-state index in [4.69, 9.17) is 4.74 Å². The van der Waals surface area contributed by atoms with Gasteiger partial charge in [0.15, 0.2) is 0 Å². The molecule has 1 aliphatic heterocycles. The Morgan fingerprint density at radius 3 is 2.75 bits per heavy atom. The normalized spacial score (nSPS) is 17.9. The minimum atomic E-state index is -4.70. The smallest absolute Gasteiger partial charge is 0.430 e. The Balaban J connectivity index is 2.51. The van der Waals surface area contributed by atoms with Gasteiger partial charge in [-0.05, 0) is 25.1 Å². The number of alkyl halides is 3. The van der Waals surface area contributed by atoms with Crippen molar-refractivity contribution in [3.8, 4) is 5.75 Å². The summed E-state index contributed by atoms with van der Waals surface area (Å²) in [4.78, 5) is 11.7. The molecule has 0 saturated heterocycles. The quantitative estimate of drug-likeness (QED) is 0.762. The van der Waals surface area contributed by atoms with Crippen molar-refractivity contribution in [2.75, 3.05) is 6.61 Å². The van der Waals surface area contributed by atoms with Crippen molar-refractivity contribution in [1.82, 2.24) is 0 Å². The average molecular weight is 351 g/mol. The SMILES string of the molecule is CCOC(=O)C1=Cc2c(Br)cccc2OC1C(F)(F)F. The fourth-order valence-electron chi connectivity index (χ4n) is 1.81. The van der Waals surface area contributed by atoms with E-state index in [0.717, 1.165) is 6.08 Å². The minimum Gasteiger partial charge on any atom is -0.475 e. The summed E-state index contributed by atoms with van der Waals surface area (Å²) in [5.41, 5.74) is -0.171. The lowest BCUT2D eigenvalue weighted by molar-refractivity contribution is -0.187. The molecule has 0 N–H and O–H groups in total. The van der Waals surface area contributed by atoms with E-state index in [1.165, 1.54) is 13.0 Å². The highest BCUT2D eigenvalue weighted by Crippen LogP contribution is 2.40. The van der Waals surface area contributed by atoms with Crippen LogP contribution in [0.2, 0.25) is 0 Å². The number of rotatable bonds is 2. The highest BCUT2D eigenvalue weighted by Gasteiger charge is 2.48. The van der Waals surface area contributed by atoms with E-state index in [0.29, 0.717) is 10.0 Å². The Morgan fingerprint density at radius 2 is 2.15 bits per heavy atom. The summed E-state index contributed by atoms with van der Waals surface area (Å²) >= 11 is 3.21. The van der Waals surface area contributed by atoms with Crippen molar-refractivity contribution in [2.24, 2.45) is 0 Å². The molecule has 1 atom stereocenters. The number of fused-ring (bicyclic) bond motifs is 1. The average Bonchev–Trinajstić information content (AvgIpc) is 2.37. The Labute approximate surface area is 121 Å². The molecule has 0 amide bonds. The van der Waals surface area contributed by atoms with Crippen molar-refractivity contribution in [3.63, 3.8) is 0 Å². The molecule has 1 aliphatic rings. The highest BCUT2D eigenvalue weighted by atomic mass is 79.9. The van der Waals surface area contributed by atoms with Crippen LogP contribution < -0.4 is 4.74 Å². The molecule has 0 saturated carbocycles. The molecule has 1 heterocycles. The number of hydrogen-bond acceptors (Lipinski definition) is 3. The zero-order chi connectivity index (χ0) is 14.9. The fourth-order valence-corrected chi connectivity index (χ4v) is 2.27. The van der Waals surface area contributed by atoms with E-state index in [1.807, 2.05) is 0 Å². The second-order valence-electron chi connectivity index (χ2n) is 4.01. The maximum absolute atomic E-state index is 13.0. The molecule has 1 aromatic carbocycles. The van der Waals surface area contributed by atoms with Crippen LogP contribution in [0.4, 0.5) is 13.2 Å². The van der Waals surface area contributed by atoms with Gasteiger partial charge in [0, 0.05) is 10.0 Å². The van der Waals surface area contributed by atoms with E-state index in [1.54, 1.807) is 12.1 Å². The van der Waals surface area contributed by atoms with Crippen molar-refractivity contribution in [1.29, 1.82) is 0 Å². The second kappa shape index (κ2) is 5.47. The van der Waals surface area contributed by atoms with Gasteiger partial charge in [-0.1, -0.05) is 22.0 Å². The van der Waals surface area contributed by atoms with Crippen molar-refractivity contribution < 1.29 is 27.4 Å². The van der Waals surface area contributed by atoms with Crippen molar-refractivity contribution in [3.05, 3.63) is 33.8 Å². The third-order valence-electron chi connectivity index (χ3n) is 2.65. The molecule has 0 fully saturated rings. The Hall–Kier alpha value is -1.50. The standard InChI is InChI=1S/C13H10BrF3O3/c1-2-19-12(18)8-6-7-9(14)4-3-5-10(7)20-11(8)13(15,16)17/h3-6,11H,2H2,1H3. The molecular formula is C13H10BrF3O3. The van der Waals surface area contributed by atoms with Crippen LogP contribution in [-0.4, -0.2) is 24.9 Å². The Kier molecular flexibility index (Phi) is 4.08. The van der Waals surface area contributed by atoms with Gasteiger partial charge in [0.25, 0.3) is 0 Å². The predicted octanol–water partition coefficient (Wildman–Crippen LogP) is 3.72. The van der Waals surface area contributed by atoms with Crippen LogP contribution in [0.5, 0.6) is 5.75 Å². The van der Waals surface area contributed by atoms with Crippen LogP contribution in [-0.2, 0) is 9.53 Å². The van der Waals surface area contributed by atoms with Crippen LogP contribution >= 0.6 is 15.9 Å². The molecule has 0 radical (unpaired) electrons. The highest BCUT2D eigenvalue weighted by molar-refractivity contribution is 9.10. The van der Waals surface area contributed by atoms with E-state index in [-0.39, 0.29) is 12.4 Å². The summed E-state index contributed by atoms with van der Waals surface area (Å²) in [5, 5.41) is 0. The Morgan fingerprint density at radius 1 is 1.45 bits per heavy atom. The molecule has 1 unspecified atom stereocenters. The van der Waals surface area contributed by atoms with Gasteiger partial charge in [0.2, 0.25) is 6.10 Å². The lowest BCUT2D eigenvalue weighted by Gasteiger charge is -2.28. The van der Waals surface area contributed by atoms with Gasteiger partial charge in [-0.25, -0.2) is 4.79 Å².